The molecule has 3 unspecified atom stereocenters. The van der Waals surface area contributed by atoms with Crippen molar-refractivity contribution in [1.29, 1.82) is 0 Å². The Hall–Kier alpha value is -1.10. The summed E-state index contributed by atoms with van der Waals surface area (Å²) in [5.74, 6) is 0.255. The molecule has 5 heteroatoms. The summed E-state index contributed by atoms with van der Waals surface area (Å²) < 4.78 is 0. The Morgan fingerprint density at radius 2 is 2.22 bits per heavy atom. The van der Waals surface area contributed by atoms with Crippen LogP contribution in [0.25, 0.3) is 0 Å². The van der Waals surface area contributed by atoms with Crippen molar-refractivity contribution in [2.45, 2.75) is 38.2 Å². The minimum atomic E-state index is -0.258. The fraction of sp³-hybridized carbons (Fsp3) is 0.846. The SMILES string of the molecule is CN(CC1CCCC1O)C(=O)C1CCC(=O)NC1. The quantitative estimate of drug-likeness (QED) is 0.752. The monoisotopic (exact) mass is 254 g/mol. The van der Waals surface area contributed by atoms with Crippen molar-refractivity contribution in [2.75, 3.05) is 20.1 Å². The van der Waals surface area contributed by atoms with Crippen LogP contribution in [0.15, 0.2) is 0 Å². The number of hydrogen-bond acceptors (Lipinski definition) is 3. The van der Waals surface area contributed by atoms with Crippen molar-refractivity contribution in [3.8, 4) is 0 Å². The average Bonchev–Trinajstić information content (AvgIpc) is 2.75. The molecule has 1 saturated heterocycles. The molecular formula is C13H22N2O3. The highest BCUT2D eigenvalue weighted by atomic mass is 16.3. The van der Waals surface area contributed by atoms with E-state index in [1.807, 2.05) is 0 Å². The van der Waals surface area contributed by atoms with E-state index in [0.717, 1.165) is 19.3 Å². The summed E-state index contributed by atoms with van der Waals surface area (Å²) in [7, 11) is 1.80. The summed E-state index contributed by atoms with van der Waals surface area (Å²) in [5.41, 5.74) is 0. The minimum Gasteiger partial charge on any atom is -0.393 e. The lowest BCUT2D eigenvalue weighted by Crippen LogP contribution is -2.45. The number of aliphatic hydroxyl groups excluding tert-OH is 1. The van der Waals surface area contributed by atoms with Gasteiger partial charge in [0.1, 0.15) is 0 Å². The third kappa shape index (κ3) is 3.02. The highest BCUT2D eigenvalue weighted by molar-refractivity contribution is 5.83. The first-order valence-electron chi connectivity index (χ1n) is 6.77. The van der Waals surface area contributed by atoms with Gasteiger partial charge in [0.25, 0.3) is 0 Å². The molecule has 0 aromatic rings. The van der Waals surface area contributed by atoms with Gasteiger partial charge in [0.05, 0.1) is 12.0 Å². The molecule has 2 N–H and O–H groups in total. The number of nitrogens with one attached hydrogen (secondary N) is 1. The molecule has 0 spiro atoms. The van der Waals surface area contributed by atoms with Crippen LogP contribution in [-0.2, 0) is 9.59 Å². The molecule has 1 saturated carbocycles. The highest BCUT2D eigenvalue weighted by Crippen LogP contribution is 2.26. The topological polar surface area (TPSA) is 69.6 Å². The van der Waals surface area contributed by atoms with Crippen LogP contribution in [0, 0.1) is 11.8 Å². The first kappa shape index (κ1) is 13.3. The third-order valence-corrected chi connectivity index (χ3v) is 4.12. The van der Waals surface area contributed by atoms with Crippen LogP contribution >= 0.6 is 0 Å². The zero-order valence-electron chi connectivity index (χ0n) is 10.9. The van der Waals surface area contributed by atoms with Crippen molar-refractivity contribution in [3.05, 3.63) is 0 Å². The molecular weight excluding hydrogens is 232 g/mol. The van der Waals surface area contributed by atoms with Crippen LogP contribution in [0.4, 0.5) is 0 Å². The van der Waals surface area contributed by atoms with Crippen LogP contribution in [0.2, 0.25) is 0 Å². The van der Waals surface area contributed by atoms with E-state index in [9.17, 15) is 14.7 Å². The molecule has 2 aliphatic rings. The molecule has 2 amide bonds. The summed E-state index contributed by atoms with van der Waals surface area (Å²) in [6.07, 6.45) is 3.73. The average molecular weight is 254 g/mol. The van der Waals surface area contributed by atoms with Gasteiger partial charge in [-0.25, -0.2) is 0 Å². The number of carbonyl (C=O) groups is 2. The van der Waals surface area contributed by atoms with E-state index >= 15 is 0 Å². The summed E-state index contributed by atoms with van der Waals surface area (Å²) in [4.78, 5) is 25.0. The van der Waals surface area contributed by atoms with Crippen LogP contribution in [0.3, 0.4) is 0 Å². The number of carbonyl (C=O) groups excluding carboxylic acids is 2. The Kier molecular flexibility index (Phi) is 4.22. The maximum Gasteiger partial charge on any atom is 0.227 e. The van der Waals surface area contributed by atoms with Crippen molar-refractivity contribution in [3.63, 3.8) is 0 Å². The fourth-order valence-electron chi connectivity index (χ4n) is 2.93. The maximum atomic E-state index is 12.2. The van der Waals surface area contributed by atoms with Gasteiger partial charge in [0, 0.05) is 32.5 Å². The largest absolute Gasteiger partial charge is 0.393 e. The number of rotatable bonds is 3. The van der Waals surface area contributed by atoms with Crippen LogP contribution in [0.5, 0.6) is 0 Å². The van der Waals surface area contributed by atoms with Gasteiger partial charge >= 0.3 is 0 Å². The molecule has 102 valence electrons. The molecule has 3 atom stereocenters. The van der Waals surface area contributed by atoms with Gasteiger partial charge < -0.3 is 15.3 Å². The van der Waals surface area contributed by atoms with Crippen molar-refractivity contribution in [1.82, 2.24) is 10.2 Å². The molecule has 1 heterocycles. The third-order valence-electron chi connectivity index (χ3n) is 4.12. The molecule has 5 nitrogen and oxygen atoms in total. The second-order valence-corrected chi connectivity index (χ2v) is 5.52. The normalized spacial score (nSPS) is 32.1. The van der Waals surface area contributed by atoms with Crippen molar-refractivity contribution < 1.29 is 14.7 Å². The predicted molar refractivity (Wildman–Crippen MR) is 66.7 cm³/mol. The van der Waals surface area contributed by atoms with E-state index in [2.05, 4.69) is 5.32 Å². The van der Waals surface area contributed by atoms with E-state index < -0.39 is 0 Å². The molecule has 0 aromatic carbocycles. The predicted octanol–water partition coefficient (Wildman–Crippen LogP) is 0.132. The highest BCUT2D eigenvalue weighted by Gasteiger charge is 2.31. The lowest BCUT2D eigenvalue weighted by molar-refractivity contribution is -0.137. The number of hydrogen-bond donors (Lipinski definition) is 2. The van der Waals surface area contributed by atoms with Gasteiger partial charge in [0.15, 0.2) is 0 Å². The van der Waals surface area contributed by atoms with Gasteiger partial charge in [-0.05, 0) is 19.3 Å². The van der Waals surface area contributed by atoms with E-state index in [-0.39, 0.29) is 29.8 Å². The molecule has 2 rings (SSSR count). The Morgan fingerprint density at radius 1 is 1.44 bits per heavy atom. The Labute approximate surface area is 108 Å². The van der Waals surface area contributed by atoms with Gasteiger partial charge in [-0.15, -0.1) is 0 Å². The number of aliphatic hydroxyl groups is 1. The summed E-state index contributed by atoms with van der Waals surface area (Å²) in [6.45, 7) is 1.08. The Bertz CT molecular complexity index is 322. The summed E-state index contributed by atoms with van der Waals surface area (Å²) >= 11 is 0. The molecule has 0 radical (unpaired) electrons. The number of nitrogens with zero attached hydrogens (tertiary/aromatic N) is 1. The zero-order valence-corrected chi connectivity index (χ0v) is 10.9. The summed E-state index contributed by atoms with van der Waals surface area (Å²) in [6, 6.07) is 0. The first-order valence-corrected chi connectivity index (χ1v) is 6.77. The molecule has 2 fully saturated rings. The Balaban J connectivity index is 1.82. The zero-order chi connectivity index (χ0) is 13.1. The van der Waals surface area contributed by atoms with Crippen LogP contribution in [-0.4, -0.2) is 48.1 Å². The standard InChI is InChI=1S/C13H22N2O3/c1-15(8-10-3-2-4-11(10)16)13(18)9-5-6-12(17)14-7-9/h9-11,16H,2-8H2,1H3,(H,14,17). The first-order chi connectivity index (χ1) is 8.58. The Morgan fingerprint density at radius 3 is 2.78 bits per heavy atom. The van der Waals surface area contributed by atoms with Crippen molar-refractivity contribution >= 4 is 11.8 Å². The molecule has 0 bridgehead atoms. The lowest BCUT2D eigenvalue weighted by Gasteiger charge is -2.29. The van der Waals surface area contributed by atoms with E-state index in [4.69, 9.17) is 0 Å². The second-order valence-electron chi connectivity index (χ2n) is 5.52. The van der Waals surface area contributed by atoms with Crippen LogP contribution < -0.4 is 5.32 Å². The van der Waals surface area contributed by atoms with Crippen LogP contribution in [0.1, 0.15) is 32.1 Å². The minimum absolute atomic E-state index is 0.0351. The maximum absolute atomic E-state index is 12.2. The summed E-state index contributed by atoms with van der Waals surface area (Å²) in [5, 5.41) is 12.5. The van der Waals surface area contributed by atoms with E-state index in [0.29, 0.717) is 25.9 Å². The van der Waals surface area contributed by atoms with E-state index in [1.165, 1.54) is 0 Å². The van der Waals surface area contributed by atoms with Gasteiger partial charge in [0.2, 0.25) is 11.8 Å². The molecule has 1 aliphatic carbocycles. The van der Waals surface area contributed by atoms with Gasteiger partial charge in [-0.3, -0.25) is 9.59 Å². The lowest BCUT2D eigenvalue weighted by atomic mass is 9.97. The van der Waals surface area contributed by atoms with Crippen molar-refractivity contribution in [2.24, 2.45) is 11.8 Å². The number of piperidine rings is 1. The molecule has 18 heavy (non-hydrogen) atoms. The smallest absolute Gasteiger partial charge is 0.227 e. The fourth-order valence-corrected chi connectivity index (χ4v) is 2.93. The second kappa shape index (κ2) is 5.69. The van der Waals surface area contributed by atoms with Gasteiger partial charge in [-0.1, -0.05) is 6.42 Å². The van der Waals surface area contributed by atoms with E-state index in [1.54, 1.807) is 11.9 Å². The number of amides is 2. The molecule has 0 aromatic heterocycles. The molecule has 1 aliphatic heterocycles. The van der Waals surface area contributed by atoms with Gasteiger partial charge in [-0.2, -0.15) is 0 Å².